The lowest BCUT2D eigenvalue weighted by Crippen LogP contribution is -2.52. The Morgan fingerprint density at radius 2 is 2.05 bits per heavy atom. The molecule has 1 aliphatic rings. The highest BCUT2D eigenvalue weighted by molar-refractivity contribution is 6.43. The maximum Gasteiger partial charge on any atom is 0.475 e. The molecule has 9 heteroatoms. The van der Waals surface area contributed by atoms with Crippen molar-refractivity contribution in [1.29, 1.82) is 0 Å². The standard InChI is InChI=1S/C13H18BN3O4.ClH/c1-9(16-12(18)10-4-6-15-7-5-10)13(19)17-8-2-3-11(17)14(20)21;/h4-7,9,11,20-21H,2-3,8H2,1H3,(H,16,18);1H/t9-,11+;/m1./s1. The molecule has 1 saturated heterocycles. The number of carbonyl (C=O) groups excluding carboxylic acids is 2. The number of rotatable bonds is 4. The minimum Gasteiger partial charge on any atom is -0.426 e. The molecule has 2 heterocycles. The lowest BCUT2D eigenvalue weighted by molar-refractivity contribution is -0.132. The first-order valence-corrected chi connectivity index (χ1v) is 6.88. The van der Waals surface area contributed by atoms with Crippen molar-refractivity contribution in [1.82, 2.24) is 15.2 Å². The smallest absolute Gasteiger partial charge is 0.426 e. The second kappa shape index (κ2) is 8.12. The lowest BCUT2D eigenvalue weighted by Gasteiger charge is -2.27. The summed E-state index contributed by atoms with van der Waals surface area (Å²) in [6.45, 7) is 2.05. The van der Waals surface area contributed by atoms with E-state index in [1.807, 2.05) is 0 Å². The molecule has 2 atom stereocenters. The highest BCUT2D eigenvalue weighted by Gasteiger charge is 2.38. The molecule has 0 aliphatic carbocycles. The van der Waals surface area contributed by atoms with Crippen LogP contribution in [-0.4, -0.2) is 57.4 Å². The molecule has 0 spiro atoms. The van der Waals surface area contributed by atoms with Crippen molar-refractivity contribution in [2.45, 2.75) is 31.7 Å². The molecule has 1 aromatic heterocycles. The van der Waals surface area contributed by atoms with Gasteiger partial charge in [0.1, 0.15) is 6.04 Å². The molecule has 7 nitrogen and oxygen atoms in total. The number of nitrogens with zero attached hydrogens (tertiary/aromatic N) is 2. The first-order valence-electron chi connectivity index (χ1n) is 6.88. The summed E-state index contributed by atoms with van der Waals surface area (Å²) in [4.78, 5) is 29.5. The number of pyridine rings is 1. The Hall–Kier alpha value is -1.64. The molecular weight excluding hydrogens is 308 g/mol. The van der Waals surface area contributed by atoms with Crippen molar-refractivity contribution in [3.05, 3.63) is 30.1 Å². The Morgan fingerprint density at radius 1 is 1.41 bits per heavy atom. The maximum atomic E-state index is 12.3. The fraction of sp³-hybridized carbons (Fsp3) is 0.462. The Labute approximate surface area is 135 Å². The second-order valence-corrected chi connectivity index (χ2v) is 5.09. The van der Waals surface area contributed by atoms with E-state index in [1.165, 1.54) is 17.3 Å². The zero-order valence-electron chi connectivity index (χ0n) is 12.2. The molecule has 0 aromatic carbocycles. The van der Waals surface area contributed by atoms with E-state index in [-0.39, 0.29) is 24.2 Å². The first kappa shape index (κ1) is 18.4. The largest absolute Gasteiger partial charge is 0.475 e. The Kier molecular flexibility index (Phi) is 6.79. The number of carbonyl (C=O) groups is 2. The molecule has 0 bridgehead atoms. The zero-order valence-corrected chi connectivity index (χ0v) is 13.0. The highest BCUT2D eigenvalue weighted by Crippen LogP contribution is 2.19. The van der Waals surface area contributed by atoms with Gasteiger partial charge in [0.2, 0.25) is 5.91 Å². The van der Waals surface area contributed by atoms with E-state index < -0.39 is 19.1 Å². The van der Waals surface area contributed by atoms with Crippen LogP contribution in [0.3, 0.4) is 0 Å². The fourth-order valence-corrected chi connectivity index (χ4v) is 2.47. The summed E-state index contributed by atoms with van der Waals surface area (Å²) in [6, 6.07) is 2.38. The molecule has 0 saturated carbocycles. The van der Waals surface area contributed by atoms with Gasteiger partial charge < -0.3 is 20.3 Å². The topological polar surface area (TPSA) is 103 Å². The van der Waals surface area contributed by atoms with Crippen molar-refractivity contribution >= 4 is 31.3 Å². The Bertz CT molecular complexity index is 517. The molecule has 1 aliphatic heterocycles. The van der Waals surface area contributed by atoms with Gasteiger partial charge in [-0.05, 0) is 31.9 Å². The van der Waals surface area contributed by atoms with Crippen LogP contribution < -0.4 is 5.32 Å². The van der Waals surface area contributed by atoms with E-state index in [0.29, 0.717) is 18.5 Å². The number of aromatic nitrogens is 1. The van der Waals surface area contributed by atoms with Crippen LogP contribution in [0.25, 0.3) is 0 Å². The summed E-state index contributed by atoms with van der Waals surface area (Å²) in [6.07, 6.45) is 4.27. The maximum absolute atomic E-state index is 12.3. The normalized spacial score (nSPS) is 18.3. The monoisotopic (exact) mass is 327 g/mol. The van der Waals surface area contributed by atoms with E-state index in [4.69, 9.17) is 0 Å². The zero-order chi connectivity index (χ0) is 15.4. The highest BCUT2D eigenvalue weighted by atomic mass is 35.5. The van der Waals surface area contributed by atoms with Crippen LogP contribution in [0.1, 0.15) is 30.1 Å². The van der Waals surface area contributed by atoms with Gasteiger partial charge in [-0.1, -0.05) is 0 Å². The second-order valence-electron chi connectivity index (χ2n) is 5.09. The first-order chi connectivity index (χ1) is 10.0. The van der Waals surface area contributed by atoms with Crippen LogP contribution in [0.5, 0.6) is 0 Å². The van der Waals surface area contributed by atoms with Crippen LogP contribution in [0, 0.1) is 0 Å². The summed E-state index contributed by atoms with van der Waals surface area (Å²) < 4.78 is 0. The average Bonchev–Trinajstić information content (AvgIpc) is 2.96. The molecule has 2 rings (SSSR count). The number of amides is 2. The van der Waals surface area contributed by atoms with Crippen LogP contribution in [0.15, 0.2) is 24.5 Å². The van der Waals surface area contributed by atoms with Gasteiger partial charge >= 0.3 is 7.12 Å². The van der Waals surface area contributed by atoms with Crippen LogP contribution in [0.4, 0.5) is 0 Å². The van der Waals surface area contributed by atoms with Crippen LogP contribution >= 0.6 is 12.4 Å². The molecular formula is C13H19BClN3O4. The summed E-state index contributed by atoms with van der Waals surface area (Å²) in [5.41, 5.74) is 0.421. The summed E-state index contributed by atoms with van der Waals surface area (Å²) in [7, 11) is -1.56. The Morgan fingerprint density at radius 3 is 2.64 bits per heavy atom. The van der Waals surface area contributed by atoms with Crippen molar-refractivity contribution in [2.75, 3.05) is 6.54 Å². The predicted octanol–water partition coefficient (Wildman–Crippen LogP) is -0.375. The van der Waals surface area contributed by atoms with Gasteiger partial charge in [0, 0.05) is 24.5 Å². The van der Waals surface area contributed by atoms with E-state index in [9.17, 15) is 19.6 Å². The molecule has 3 N–H and O–H groups in total. The number of hydrogen-bond acceptors (Lipinski definition) is 5. The summed E-state index contributed by atoms with van der Waals surface area (Å²) >= 11 is 0. The van der Waals surface area contributed by atoms with Crippen molar-refractivity contribution in [3.8, 4) is 0 Å². The SMILES string of the molecule is C[C@@H](NC(=O)c1ccncc1)C(=O)N1CCC[C@H]1B(O)O.Cl. The fourth-order valence-electron chi connectivity index (χ4n) is 2.47. The van der Waals surface area contributed by atoms with Gasteiger partial charge in [-0.15, -0.1) is 12.4 Å². The molecule has 22 heavy (non-hydrogen) atoms. The van der Waals surface area contributed by atoms with E-state index in [1.54, 1.807) is 19.1 Å². The van der Waals surface area contributed by atoms with Crippen molar-refractivity contribution < 1.29 is 19.6 Å². The lowest BCUT2D eigenvalue weighted by atomic mass is 9.78. The van der Waals surface area contributed by atoms with E-state index in [0.717, 1.165) is 6.42 Å². The van der Waals surface area contributed by atoms with E-state index in [2.05, 4.69) is 10.3 Å². The van der Waals surface area contributed by atoms with Gasteiger partial charge in [-0.3, -0.25) is 14.6 Å². The average molecular weight is 328 g/mol. The van der Waals surface area contributed by atoms with Crippen LogP contribution in [-0.2, 0) is 4.79 Å². The molecule has 1 aromatic rings. The quantitative estimate of drug-likeness (QED) is 0.655. The van der Waals surface area contributed by atoms with Gasteiger partial charge in [0.25, 0.3) is 5.91 Å². The molecule has 2 amide bonds. The number of hydrogen-bond donors (Lipinski definition) is 3. The molecule has 0 radical (unpaired) electrons. The van der Waals surface area contributed by atoms with Crippen LogP contribution in [0.2, 0.25) is 0 Å². The van der Waals surface area contributed by atoms with Crippen molar-refractivity contribution in [3.63, 3.8) is 0 Å². The third-order valence-corrected chi connectivity index (χ3v) is 3.59. The number of nitrogens with one attached hydrogen (secondary N) is 1. The molecule has 120 valence electrons. The minimum absolute atomic E-state index is 0. The van der Waals surface area contributed by atoms with Gasteiger partial charge in [0.05, 0.1) is 5.94 Å². The third kappa shape index (κ3) is 4.19. The number of likely N-dealkylation sites (tertiary alicyclic amines) is 1. The molecule has 1 fully saturated rings. The Balaban J connectivity index is 0.00000242. The summed E-state index contributed by atoms with van der Waals surface area (Å²) in [5, 5.41) is 21.2. The van der Waals surface area contributed by atoms with E-state index >= 15 is 0 Å². The minimum atomic E-state index is -1.56. The third-order valence-electron chi connectivity index (χ3n) is 3.59. The predicted molar refractivity (Wildman–Crippen MR) is 83.3 cm³/mol. The molecule has 0 unspecified atom stereocenters. The number of halogens is 1. The van der Waals surface area contributed by atoms with Gasteiger partial charge in [-0.25, -0.2) is 0 Å². The van der Waals surface area contributed by atoms with Gasteiger partial charge in [-0.2, -0.15) is 0 Å². The van der Waals surface area contributed by atoms with Crippen molar-refractivity contribution in [2.24, 2.45) is 0 Å². The summed E-state index contributed by atoms with van der Waals surface area (Å²) in [5.74, 6) is -1.27. The van der Waals surface area contributed by atoms with Gasteiger partial charge in [0.15, 0.2) is 0 Å².